The molecule has 2 heterocycles. The number of aryl methyl sites for hydroxylation is 1. The van der Waals surface area contributed by atoms with Crippen molar-refractivity contribution in [2.45, 2.75) is 44.8 Å². The van der Waals surface area contributed by atoms with Gasteiger partial charge in [-0.15, -0.1) is 0 Å². The van der Waals surface area contributed by atoms with Crippen LogP contribution in [0.4, 0.5) is 0 Å². The zero-order valence-corrected chi connectivity index (χ0v) is 17.7. The summed E-state index contributed by atoms with van der Waals surface area (Å²) in [7, 11) is -3.61. The summed E-state index contributed by atoms with van der Waals surface area (Å²) in [6.07, 6.45) is 1.60. The number of carbonyl (C=O) groups excluding carboxylic acids is 1. The van der Waals surface area contributed by atoms with Crippen molar-refractivity contribution in [1.29, 1.82) is 0 Å². The number of likely N-dealkylation sites (tertiary alicyclic amines) is 1. The van der Waals surface area contributed by atoms with Crippen LogP contribution in [0, 0.1) is 12.8 Å². The number of rotatable bonds is 6. The van der Waals surface area contributed by atoms with Gasteiger partial charge in [0.25, 0.3) is 5.91 Å². The summed E-state index contributed by atoms with van der Waals surface area (Å²) in [6, 6.07) is 4.82. The maximum Gasteiger partial charge on any atom is 0.254 e. The maximum atomic E-state index is 13.2. The standard InChI is InChI=1S/C20H30N2O5S/c1-4-22(5-2)28(24,25)17-9-8-15(3)18(13-17)19(23)21-10-6-7-16(14-21)20-26-11-12-27-20/h8-9,13,16,20H,4-7,10-12,14H2,1-3H3. The minimum Gasteiger partial charge on any atom is -0.350 e. The second kappa shape index (κ2) is 8.90. The van der Waals surface area contributed by atoms with E-state index in [2.05, 4.69) is 0 Å². The fourth-order valence-electron chi connectivity index (χ4n) is 3.94. The lowest BCUT2D eigenvalue weighted by molar-refractivity contribution is -0.0969. The van der Waals surface area contributed by atoms with E-state index >= 15 is 0 Å². The van der Waals surface area contributed by atoms with Crippen LogP contribution >= 0.6 is 0 Å². The molecule has 1 unspecified atom stereocenters. The molecule has 0 spiro atoms. The highest BCUT2D eigenvalue weighted by molar-refractivity contribution is 7.89. The quantitative estimate of drug-likeness (QED) is 0.719. The fraction of sp³-hybridized carbons (Fsp3) is 0.650. The molecule has 156 valence electrons. The highest BCUT2D eigenvalue weighted by atomic mass is 32.2. The highest BCUT2D eigenvalue weighted by Gasteiger charge is 2.34. The van der Waals surface area contributed by atoms with Crippen LogP contribution in [0.3, 0.4) is 0 Å². The summed E-state index contributed by atoms with van der Waals surface area (Å²) in [6.45, 7) is 8.66. The average molecular weight is 411 g/mol. The van der Waals surface area contributed by atoms with Gasteiger partial charge in [-0.25, -0.2) is 8.42 Å². The molecule has 0 radical (unpaired) electrons. The summed E-state index contributed by atoms with van der Waals surface area (Å²) < 4.78 is 38.3. The van der Waals surface area contributed by atoms with E-state index in [9.17, 15) is 13.2 Å². The number of carbonyl (C=O) groups is 1. The van der Waals surface area contributed by atoms with Gasteiger partial charge in [-0.05, 0) is 37.5 Å². The van der Waals surface area contributed by atoms with Gasteiger partial charge in [-0.2, -0.15) is 4.31 Å². The summed E-state index contributed by atoms with van der Waals surface area (Å²) in [4.78, 5) is 15.2. The molecular weight excluding hydrogens is 380 g/mol. The minimum atomic E-state index is -3.61. The minimum absolute atomic E-state index is 0.128. The normalized spacial score (nSPS) is 21.4. The second-order valence-electron chi connectivity index (χ2n) is 7.33. The first-order chi connectivity index (χ1) is 13.4. The van der Waals surface area contributed by atoms with Gasteiger partial charge in [0.2, 0.25) is 10.0 Å². The summed E-state index contributed by atoms with van der Waals surface area (Å²) in [5, 5.41) is 0. The molecule has 28 heavy (non-hydrogen) atoms. The van der Waals surface area contributed by atoms with Crippen molar-refractivity contribution in [3.05, 3.63) is 29.3 Å². The number of nitrogens with zero attached hydrogens (tertiary/aromatic N) is 2. The van der Waals surface area contributed by atoms with E-state index in [1.165, 1.54) is 10.4 Å². The Morgan fingerprint density at radius 1 is 1.21 bits per heavy atom. The van der Waals surface area contributed by atoms with Crippen molar-refractivity contribution in [2.24, 2.45) is 5.92 Å². The van der Waals surface area contributed by atoms with Gasteiger partial charge in [0.05, 0.1) is 18.1 Å². The Kier molecular flexibility index (Phi) is 6.75. The molecule has 0 bridgehead atoms. The predicted molar refractivity (Wildman–Crippen MR) is 106 cm³/mol. The van der Waals surface area contributed by atoms with Crippen LogP contribution in [-0.4, -0.2) is 69.2 Å². The number of sulfonamides is 1. The number of ether oxygens (including phenoxy) is 2. The van der Waals surface area contributed by atoms with E-state index < -0.39 is 10.0 Å². The van der Waals surface area contributed by atoms with Gasteiger partial charge in [-0.1, -0.05) is 19.9 Å². The van der Waals surface area contributed by atoms with Crippen molar-refractivity contribution in [1.82, 2.24) is 9.21 Å². The van der Waals surface area contributed by atoms with Gasteiger partial charge in [0.15, 0.2) is 6.29 Å². The van der Waals surface area contributed by atoms with E-state index in [1.54, 1.807) is 17.0 Å². The lowest BCUT2D eigenvalue weighted by Crippen LogP contribution is -2.44. The largest absolute Gasteiger partial charge is 0.350 e. The zero-order valence-electron chi connectivity index (χ0n) is 16.9. The Morgan fingerprint density at radius 2 is 1.89 bits per heavy atom. The Morgan fingerprint density at radius 3 is 2.54 bits per heavy atom. The van der Waals surface area contributed by atoms with Crippen LogP contribution in [0.15, 0.2) is 23.1 Å². The molecule has 8 heteroatoms. The monoisotopic (exact) mass is 410 g/mol. The second-order valence-corrected chi connectivity index (χ2v) is 9.27. The Bertz CT molecular complexity index is 801. The van der Waals surface area contributed by atoms with Gasteiger partial charge >= 0.3 is 0 Å². The van der Waals surface area contributed by atoms with Crippen molar-refractivity contribution < 1.29 is 22.7 Å². The van der Waals surface area contributed by atoms with E-state index in [0.717, 1.165) is 18.4 Å². The highest BCUT2D eigenvalue weighted by Crippen LogP contribution is 2.27. The first-order valence-corrected chi connectivity index (χ1v) is 11.5. The lowest BCUT2D eigenvalue weighted by atomic mass is 9.96. The third kappa shape index (κ3) is 4.25. The molecule has 2 aliphatic rings. The summed E-state index contributed by atoms with van der Waals surface area (Å²) in [5.74, 6) is 0.0277. The van der Waals surface area contributed by atoms with Crippen LogP contribution in [0.2, 0.25) is 0 Å². The maximum absolute atomic E-state index is 13.2. The van der Waals surface area contributed by atoms with Crippen LogP contribution < -0.4 is 0 Å². The molecule has 0 aromatic heterocycles. The number of benzene rings is 1. The molecule has 2 aliphatic heterocycles. The van der Waals surface area contributed by atoms with E-state index in [4.69, 9.17) is 9.47 Å². The molecule has 0 N–H and O–H groups in total. The van der Waals surface area contributed by atoms with E-state index in [-0.39, 0.29) is 23.0 Å². The van der Waals surface area contributed by atoms with Crippen molar-refractivity contribution >= 4 is 15.9 Å². The van der Waals surface area contributed by atoms with Crippen LogP contribution in [0.1, 0.15) is 42.6 Å². The molecule has 7 nitrogen and oxygen atoms in total. The molecule has 1 amide bonds. The number of piperidine rings is 1. The third-order valence-corrected chi connectivity index (χ3v) is 7.61. The lowest BCUT2D eigenvalue weighted by Gasteiger charge is -2.35. The molecule has 3 rings (SSSR count). The van der Waals surface area contributed by atoms with Crippen LogP contribution in [0.5, 0.6) is 0 Å². The first-order valence-electron chi connectivity index (χ1n) is 10.0. The molecular formula is C20H30N2O5S. The Labute approximate surface area is 167 Å². The molecule has 2 saturated heterocycles. The molecule has 1 atom stereocenters. The van der Waals surface area contributed by atoms with Crippen molar-refractivity contribution in [3.63, 3.8) is 0 Å². The molecule has 1 aromatic rings. The topological polar surface area (TPSA) is 76.2 Å². The van der Waals surface area contributed by atoms with E-state index in [1.807, 2.05) is 20.8 Å². The Balaban J connectivity index is 1.83. The molecule has 0 aliphatic carbocycles. The van der Waals surface area contributed by atoms with Crippen LogP contribution in [0.25, 0.3) is 0 Å². The average Bonchev–Trinajstić information content (AvgIpc) is 3.23. The summed E-state index contributed by atoms with van der Waals surface area (Å²) >= 11 is 0. The van der Waals surface area contributed by atoms with Gasteiger partial charge < -0.3 is 14.4 Å². The van der Waals surface area contributed by atoms with Crippen LogP contribution in [-0.2, 0) is 19.5 Å². The van der Waals surface area contributed by atoms with Gasteiger partial charge in [0, 0.05) is 37.7 Å². The van der Waals surface area contributed by atoms with Crippen molar-refractivity contribution in [3.8, 4) is 0 Å². The number of amides is 1. The Hall–Kier alpha value is -1.48. The number of hydrogen-bond acceptors (Lipinski definition) is 5. The van der Waals surface area contributed by atoms with Crippen molar-refractivity contribution in [2.75, 3.05) is 39.4 Å². The van der Waals surface area contributed by atoms with Gasteiger partial charge in [0.1, 0.15) is 0 Å². The summed E-state index contributed by atoms with van der Waals surface area (Å²) in [5.41, 5.74) is 1.22. The zero-order chi connectivity index (χ0) is 20.3. The molecule has 0 saturated carbocycles. The molecule has 1 aromatic carbocycles. The first kappa shape index (κ1) is 21.2. The number of hydrogen-bond donors (Lipinski definition) is 0. The van der Waals surface area contributed by atoms with Gasteiger partial charge in [-0.3, -0.25) is 4.79 Å². The smallest absolute Gasteiger partial charge is 0.254 e. The third-order valence-electron chi connectivity index (χ3n) is 5.56. The SMILES string of the molecule is CCN(CC)S(=O)(=O)c1ccc(C)c(C(=O)N2CCCC(C3OCCO3)C2)c1. The molecule has 2 fully saturated rings. The predicted octanol–water partition coefficient (Wildman–Crippen LogP) is 2.25. The fourth-order valence-corrected chi connectivity index (χ4v) is 5.43. The van der Waals surface area contributed by atoms with E-state index in [0.29, 0.717) is 45.0 Å².